The third kappa shape index (κ3) is 4.56. The first-order chi connectivity index (χ1) is 9.87. The maximum Gasteiger partial charge on any atom is 0.410 e. The van der Waals surface area contributed by atoms with Crippen LogP contribution < -0.4 is 5.32 Å². The number of nitrogens with zero attached hydrogens (tertiary/aromatic N) is 4. The van der Waals surface area contributed by atoms with E-state index in [2.05, 4.69) is 15.5 Å². The molecule has 1 saturated heterocycles. The molecule has 8 heteroatoms. The molecule has 0 aliphatic carbocycles. The predicted octanol–water partition coefficient (Wildman–Crippen LogP) is 2.22. The van der Waals surface area contributed by atoms with E-state index in [9.17, 15) is 4.79 Å². The summed E-state index contributed by atoms with van der Waals surface area (Å²) in [7, 11) is 0. The van der Waals surface area contributed by atoms with Gasteiger partial charge in [0.15, 0.2) is 0 Å². The minimum atomic E-state index is -0.466. The van der Waals surface area contributed by atoms with E-state index in [1.807, 2.05) is 26.8 Å². The van der Waals surface area contributed by atoms with Crippen LogP contribution in [0.3, 0.4) is 0 Å². The number of rotatable bonds is 2. The number of hydrogen-bond donors (Lipinski definition) is 1. The molecule has 114 valence electrons. The first-order valence-electron chi connectivity index (χ1n) is 6.85. The summed E-state index contributed by atoms with van der Waals surface area (Å²) in [6.45, 7) is 6.89. The van der Waals surface area contributed by atoms with Gasteiger partial charge in [-0.15, -0.1) is 10.2 Å². The summed E-state index contributed by atoms with van der Waals surface area (Å²) in [5, 5.41) is 20.6. The Labute approximate surface area is 127 Å². The van der Waals surface area contributed by atoms with Gasteiger partial charge in [-0.05, 0) is 33.6 Å². The van der Waals surface area contributed by atoms with E-state index in [0.717, 1.165) is 12.8 Å². The number of anilines is 1. The fraction of sp³-hybridized carbons (Fsp3) is 0.692. The fourth-order valence-corrected chi connectivity index (χ4v) is 2.65. The van der Waals surface area contributed by atoms with Crippen LogP contribution in [0.1, 0.15) is 38.6 Å². The molecule has 1 amide bonds. The van der Waals surface area contributed by atoms with Gasteiger partial charge < -0.3 is 15.0 Å². The van der Waals surface area contributed by atoms with Gasteiger partial charge in [0.2, 0.25) is 10.1 Å². The highest BCUT2D eigenvalue weighted by atomic mass is 32.1. The van der Waals surface area contributed by atoms with Crippen LogP contribution in [0.5, 0.6) is 0 Å². The van der Waals surface area contributed by atoms with E-state index < -0.39 is 5.60 Å². The zero-order chi connectivity index (χ0) is 15.5. The van der Waals surface area contributed by atoms with Crippen LogP contribution in [0.2, 0.25) is 0 Å². The monoisotopic (exact) mass is 309 g/mol. The molecule has 1 fully saturated rings. The smallest absolute Gasteiger partial charge is 0.410 e. The number of nitrogens with one attached hydrogen (secondary N) is 1. The van der Waals surface area contributed by atoms with Crippen LogP contribution in [0, 0.1) is 11.3 Å². The average Bonchev–Trinajstić information content (AvgIpc) is 2.85. The topological polar surface area (TPSA) is 91.1 Å². The third-order valence-electron chi connectivity index (χ3n) is 2.99. The van der Waals surface area contributed by atoms with Crippen molar-refractivity contribution in [1.82, 2.24) is 15.1 Å². The van der Waals surface area contributed by atoms with Gasteiger partial charge in [-0.25, -0.2) is 4.79 Å². The number of piperidine rings is 1. The molecule has 21 heavy (non-hydrogen) atoms. The highest BCUT2D eigenvalue weighted by Crippen LogP contribution is 2.21. The summed E-state index contributed by atoms with van der Waals surface area (Å²) >= 11 is 1.24. The molecule has 1 N–H and O–H groups in total. The van der Waals surface area contributed by atoms with Crippen molar-refractivity contribution in [2.45, 2.75) is 45.3 Å². The van der Waals surface area contributed by atoms with Crippen molar-refractivity contribution in [2.75, 3.05) is 18.4 Å². The van der Waals surface area contributed by atoms with Gasteiger partial charge in [0.25, 0.3) is 0 Å². The Morgan fingerprint density at radius 3 is 2.62 bits per heavy atom. The fourth-order valence-electron chi connectivity index (χ4n) is 2.03. The Morgan fingerprint density at radius 2 is 2.10 bits per heavy atom. The van der Waals surface area contributed by atoms with E-state index in [-0.39, 0.29) is 12.1 Å². The number of carbonyl (C=O) groups excluding carboxylic acids is 1. The van der Waals surface area contributed by atoms with Crippen molar-refractivity contribution < 1.29 is 9.53 Å². The summed E-state index contributed by atoms with van der Waals surface area (Å²) < 4.78 is 5.36. The lowest BCUT2D eigenvalue weighted by molar-refractivity contribution is 0.0210. The number of hydrogen-bond acceptors (Lipinski definition) is 7. The van der Waals surface area contributed by atoms with E-state index in [0.29, 0.717) is 23.2 Å². The number of amides is 1. The first kappa shape index (κ1) is 15.5. The number of carbonyl (C=O) groups is 1. The SMILES string of the molecule is CC(C)(C)OC(=O)N1CCC(Nc2nnc(C#N)s2)CC1. The molecule has 0 saturated carbocycles. The zero-order valence-corrected chi connectivity index (χ0v) is 13.2. The Hall–Kier alpha value is -1.88. The second-order valence-corrected chi connectivity index (χ2v) is 6.89. The van der Waals surface area contributed by atoms with Gasteiger partial charge in [-0.2, -0.15) is 5.26 Å². The Kier molecular flexibility index (Phi) is 4.63. The Morgan fingerprint density at radius 1 is 1.43 bits per heavy atom. The summed E-state index contributed by atoms with van der Waals surface area (Å²) in [6, 6.07) is 2.20. The van der Waals surface area contributed by atoms with Crippen LogP contribution in [0.4, 0.5) is 9.93 Å². The van der Waals surface area contributed by atoms with Crippen LogP contribution >= 0.6 is 11.3 Å². The quantitative estimate of drug-likeness (QED) is 0.900. The summed E-state index contributed by atoms with van der Waals surface area (Å²) in [5.41, 5.74) is -0.466. The highest BCUT2D eigenvalue weighted by molar-refractivity contribution is 7.15. The number of likely N-dealkylation sites (tertiary alicyclic amines) is 1. The second kappa shape index (κ2) is 6.26. The second-order valence-electron chi connectivity index (χ2n) is 5.91. The van der Waals surface area contributed by atoms with Crippen LogP contribution in [0.15, 0.2) is 0 Å². The molecule has 1 aromatic heterocycles. The summed E-state index contributed by atoms with van der Waals surface area (Å²) in [6.07, 6.45) is 1.38. The molecular weight excluding hydrogens is 290 g/mol. The van der Waals surface area contributed by atoms with E-state index in [1.54, 1.807) is 4.90 Å². The molecule has 0 unspecified atom stereocenters. The number of nitriles is 1. The lowest BCUT2D eigenvalue weighted by Crippen LogP contribution is -2.44. The lowest BCUT2D eigenvalue weighted by Gasteiger charge is -2.33. The van der Waals surface area contributed by atoms with Crippen molar-refractivity contribution in [2.24, 2.45) is 0 Å². The summed E-state index contributed by atoms with van der Waals surface area (Å²) in [5.74, 6) is 0. The third-order valence-corrected chi connectivity index (χ3v) is 3.75. The van der Waals surface area contributed by atoms with E-state index >= 15 is 0 Å². The number of ether oxygens (including phenoxy) is 1. The highest BCUT2D eigenvalue weighted by Gasteiger charge is 2.27. The molecule has 1 aliphatic rings. The molecule has 2 rings (SSSR count). The van der Waals surface area contributed by atoms with Crippen molar-refractivity contribution >= 4 is 22.6 Å². The van der Waals surface area contributed by atoms with Gasteiger partial charge in [-0.3, -0.25) is 0 Å². The molecule has 1 aliphatic heterocycles. The summed E-state index contributed by atoms with van der Waals surface area (Å²) in [4.78, 5) is 13.7. The van der Waals surface area contributed by atoms with Gasteiger partial charge in [0.05, 0.1) is 0 Å². The molecular formula is C13H19N5O2S. The molecule has 0 spiro atoms. The van der Waals surface area contributed by atoms with Crippen LogP contribution in [-0.4, -0.2) is 45.9 Å². The Bertz CT molecular complexity index is 537. The standard InChI is InChI=1S/C13H19N5O2S/c1-13(2,3)20-12(19)18-6-4-9(5-7-18)15-11-17-16-10(8-14)21-11/h9H,4-7H2,1-3H3,(H,15,17). The van der Waals surface area contributed by atoms with Gasteiger partial charge >= 0.3 is 6.09 Å². The minimum Gasteiger partial charge on any atom is -0.444 e. The average molecular weight is 309 g/mol. The predicted molar refractivity (Wildman–Crippen MR) is 79.1 cm³/mol. The zero-order valence-electron chi connectivity index (χ0n) is 12.4. The first-order valence-corrected chi connectivity index (χ1v) is 7.67. The normalized spacial score (nSPS) is 16.4. The molecule has 2 heterocycles. The molecule has 0 radical (unpaired) electrons. The van der Waals surface area contributed by atoms with Crippen molar-refractivity contribution in [1.29, 1.82) is 5.26 Å². The van der Waals surface area contributed by atoms with Crippen molar-refractivity contribution in [3.8, 4) is 6.07 Å². The van der Waals surface area contributed by atoms with E-state index in [4.69, 9.17) is 10.00 Å². The number of aromatic nitrogens is 2. The molecule has 0 atom stereocenters. The van der Waals surface area contributed by atoms with Crippen LogP contribution in [0.25, 0.3) is 0 Å². The molecule has 0 aromatic carbocycles. The van der Waals surface area contributed by atoms with Gasteiger partial charge in [0, 0.05) is 19.1 Å². The maximum atomic E-state index is 11.9. The minimum absolute atomic E-state index is 0.239. The molecule has 0 bridgehead atoms. The molecule has 1 aromatic rings. The van der Waals surface area contributed by atoms with Crippen molar-refractivity contribution in [3.05, 3.63) is 5.01 Å². The molecule has 7 nitrogen and oxygen atoms in total. The van der Waals surface area contributed by atoms with E-state index in [1.165, 1.54) is 11.3 Å². The lowest BCUT2D eigenvalue weighted by atomic mass is 10.1. The van der Waals surface area contributed by atoms with Crippen molar-refractivity contribution in [3.63, 3.8) is 0 Å². The van der Waals surface area contributed by atoms with Crippen LogP contribution in [-0.2, 0) is 4.74 Å². The Balaban J connectivity index is 1.80. The maximum absolute atomic E-state index is 11.9. The van der Waals surface area contributed by atoms with Gasteiger partial charge in [-0.1, -0.05) is 11.3 Å². The van der Waals surface area contributed by atoms with Gasteiger partial charge in [0.1, 0.15) is 11.7 Å². The largest absolute Gasteiger partial charge is 0.444 e.